The number of aromatic nitrogens is 2. The second-order valence-corrected chi connectivity index (χ2v) is 7.65. The van der Waals surface area contributed by atoms with E-state index in [4.69, 9.17) is 0 Å². The van der Waals surface area contributed by atoms with Crippen LogP contribution in [0.4, 0.5) is 0 Å². The summed E-state index contributed by atoms with van der Waals surface area (Å²) in [6, 6.07) is 3.96. The third-order valence-corrected chi connectivity index (χ3v) is 5.91. The van der Waals surface area contributed by atoms with Gasteiger partial charge in [-0.05, 0) is 30.7 Å². The van der Waals surface area contributed by atoms with E-state index in [1.807, 2.05) is 32.0 Å². The van der Waals surface area contributed by atoms with Crippen molar-refractivity contribution < 1.29 is 9.59 Å². The number of amides is 2. The molecular weight excluding hydrogens is 336 g/mol. The highest BCUT2D eigenvalue weighted by Gasteiger charge is 2.28. The Labute approximate surface area is 151 Å². The molecule has 25 heavy (non-hydrogen) atoms. The molecule has 2 aromatic heterocycles. The van der Waals surface area contributed by atoms with E-state index >= 15 is 0 Å². The molecule has 6 nitrogen and oxygen atoms in total. The van der Waals surface area contributed by atoms with Crippen LogP contribution in [-0.4, -0.2) is 57.6 Å². The standard InChI is InChI=1S/C18H22N4O2S/c23-17(12-14-4-3-11-25-14)20-7-9-21(10-8-20)18(24)15-13-19-22-6-2-1-5-16(15)22/h3-4,11,13H,1-2,5-10,12H2. The average Bonchev–Trinajstić information content (AvgIpc) is 3.31. The quantitative estimate of drug-likeness (QED) is 0.841. The van der Waals surface area contributed by atoms with Crippen LogP contribution in [0, 0.1) is 0 Å². The Balaban J connectivity index is 1.36. The lowest BCUT2D eigenvalue weighted by molar-refractivity contribution is -0.131. The van der Waals surface area contributed by atoms with Crippen molar-refractivity contribution in [3.05, 3.63) is 39.8 Å². The fourth-order valence-corrected chi connectivity index (χ4v) is 4.30. The summed E-state index contributed by atoms with van der Waals surface area (Å²) >= 11 is 1.61. The SMILES string of the molecule is O=C(Cc1cccs1)N1CCN(C(=O)c2cnn3c2CCCC3)CC1. The fraction of sp³-hybridized carbons (Fsp3) is 0.500. The number of thiophene rings is 1. The number of hydrogen-bond donors (Lipinski definition) is 0. The highest BCUT2D eigenvalue weighted by molar-refractivity contribution is 7.10. The molecule has 0 unspecified atom stereocenters. The molecule has 4 rings (SSSR count). The third-order valence-electron chi connectivity index (χ3n) is 5.04. The summed E-state index contributed by atoms with van der Waals surface area (Å²) in [7, 11) is 0. The minimum absolute atomic E-state index is 0.0634. The second-order valence-electron chi connectivity index (χ2n) is 6.61. The van der Waals surface area contributed by atoms with E-state index in [0.29, 0.717) is 32.6 Å². The summed E-state index contributed by atoms with van der Waals surface area (Å²) < 4.78 is 1.97. The average molecular weight is 358 g/mol. The van der Waals surface area contributed by atoms with E-state index in [1.54, 1.807) is 17.5 Å². The van der Waals surface area contributed by atoms with Gasteiger partial charge in [0, 0.05) is 37.6 Å². The van der Waals surface area contributed by atoms with Crippen molar-refractivity contribution in [3.63, 3.8) is 0 Å². The topological polar surface area (TPSA) is 58.4 Å². The smallest absolute Gasteiger partial charge is 0.257 e. The summed E-state index contributed by atoms with van der Waals surface area (Å²) in [5, 5.41) is 6.36. The van der Waals surface area contributed by atoms with Gasteiger partial charge in [0.25, 0.3) is 5.91 Å². The predicted molar refractivity (Wildman–Crippen MR) is 95.7 cm³/mol. The van der Waals surface area contributed by atoms with E-state index < -0.39 is 0 Å². The van der Waals surface area contributed by atoms with Gasteiger partial charge < -0.3 is 9.80 Å². The van der Waals surface area contributed by atoms with Crippen LogP contribution >= 0.6 is 11.3 Å². The van der Waals surface area contributed by atoms with E-state index in [9.17, 15) is 9.59 Å². The van der Waals surface area contributed by atoms with Crippen molar-refractivity contribution in [1.82, 2.24) is 19.6 Å². The lowest BCUT2D eigenvalue weighted by atomic mass is 10.1. The zero-order valence-electron chi connectivity index (χ0n) is 14.2. The summed E-state index contributed by atoms with van der Waals surface area (Å²) in [5.41, 5.74) is 1.82. The lowest BCUT2D eigenvalue weighted by Gasteiger charge is -2.35. The molecule has 0 aromatic carbocycles. The molecule has 4 heterocycles. The Morgan fingerprint density at radius 2 is 1.88 bits per heavy atom. The van der Waals surface area contributed by atoms with Gasteiger partial charge in [-0.15, -0.1) is 11.3 Å². The first-order valence-corrected chi connectivity index (χ1v) is 9.74. The number of carbonyl (C=O) groups excluding carboxylic acids is 2. The van der Waals surface area contributed by atoms with Crippen LogP contribution < -0.4 is 0 Å². The maximum absolute atomic E-state index is 12.8. The van der Waals surface area contributed by atoms with Crippen LogP contribution in [0.25, 0.3) is 0 Å². The summed E-state index contributed by atoms with van der Waals surface area (Å²) in [6.07, 6.45) is 5.37. The molecule has 2 aromatic rings. The zero-order chi connectivity index (χ0) is 17.2. The number of rotatable bonds is 3. The fourth-order valence-electron chi connectivity index (χ4n) is 3.60. The summed E-state index contributed by atoms with van der Waals surface area (Å²) in [4.78, 5) is 30.0. The molecule has 2 aliphatic rings. The van der Waals surface area contributed by atoms with Crippen LogP contribution in [0.1, 0.15) is 33.8 Å². The van der Waals surface area contributed by atoms with Gasteiger partial charge >= 0.3 is 0 Å². The molecule has 1 fully saturated rings. The maximum atomic E-state index is 12.8. The van der Waals surface area contributed by atoms with Crippen LogP contribution in [0.15, 0.2) is 23.7 Å². The highest BCUT2D eigenvalue weighted by atomic mass is 32.1. The largest absolute Gasteiger partial charge is 0.339 e. The number of piperazine rings is 1. The Kier molecular flexibility index (Phi) is 4.57. The Hall–Kier alpha value is -2.15. The normalized spacial score (nSPS) is 17.4. The summed E-state index contributed by atoms with van der Waals surface area (Å²) in [6.45, 7) is 3.33. The molecule has 0 saturated carbocycles. The third kappa shape index (κ3) is 3.33. The molecule has 2 amide bonds. The molecule has 0 aliphatic carbocycles. The number of carbonyl (C=O) groups is 2. The molecule has 0 atom stereocenters. The Bertz CT molecular complexity index is 760. The van der Waals surface area contributed by atoms with Crippen molar-refractivity contribution in [2.75, 3.05) is 26.2 Å². The second kappa shape index (κ2) is 7.00. The molecule has 7 heteroatoms. The van der Waals surface area contributed by atoms with Crippen molar-refractivity contribution >= 4 is 23.2 Å². The monoisotopic (exact) mass is 358 g/mol. The van der Waals surface area contributed by atoms with Gasteiger partial charge in [-0.3, -0.25) is 14.3 Å². The van der Waals surface area contributed by atoms with Crippen LogP contribution in [0.3, 0.4) is 0 Å². The number of aryl methyl sites for hydroxylation is 1. The molecule has 0 N–H and O–H groups in total. The molecule has 1 saturated heterocycles. The number of nitrogens with zero attached hydrogens (tertiary/aromatic N) is 4. The van der Waals surface area contributed by atoms with E-state index in [0.717, 1.165) is 41.9 Å². The van der Waals surface area contributed by atoms with Crippen molar-refractivity contribution in [2.45, 2.75) is 32.2 Å². The molecule has 0 spiro atoms. The molecular formula is C18H22N4O2S. The zero-order valence-corrected chi connectivity index (χ0v) is 15.0. The Morgan fingerprint density at radius 3 is 2.64 bits per heavy atom. The van der Waals surface area contributed by atoms with E-state index in [1.165, 1.54) is 0 Å². The maximum Gasteiger partial charge on any atom is 0.257 e. The first kappa shape index (κ1) is 16.3. The molecule has 132 valence electrons. The van der Waals surface area contributed by atoms with Crippen LogP contribution in [-0.2, 0) is 24.2 Å². The minimum Gasteiger partial charge on any atom is -0.339 e. The van der Waals surface area contributed by atoms with E-state index in [2.05, 4.69) is 5.10 Å². The first-order valence-electron chi connectivity index (χ1n) is 8.86. The molecule has 0 radical (unpaired) electrons. The summed E-state index contributed by atoms with van der Waals surface area (Å²) in [5.74, 6) is 0.214. The van der Waals surface area contributed by atoms with Gasteiger partial charge in [0.2, 0.25) is 5.91 Å². The van der Waals surface area contributed by atoms with Crippen molar-refractivity contribution in [3.8, 4) is 0 Å². The van der Waals surface area contributed by atoms with Gasteiger partial charge in [-0.1, -0.05) is 6.07 Å². The van der Waals surface area contributed by atoms with Crippen LogP contribution in [0.2, 0.25) is 0 Å². The Morgan fingerprint density at radius 1 is 1.08 bits per heavy atom. The van der Waals surface area contributed by atoms with Gasteiger partial charge in [-0.2, -0.15) is 5.10 Å². The van der Waals surface area contributed by atoms with Gasteiger partial charge in [0.15, 0.2) is 0 Å². The van der Waals surface area contributed by atoms with Crippen LogP contribution in [0.5, 0.6) is 0 Å². The van der Waals surface area contributed by atoms with Gasteiger partial charge in [-0.25, -0.2) is 0 Å². The van der Waals surface area contributed by atoms with Gasteiger partial charge in [0.1, 0.15) is 0 Å². The first-order chi connectivity index (χ1) is 12.2. The van der Waals surface area contributed by atoms with Gasteiger partial charge in [0.05, 0.1) is 23.9 Å². The van der Waals surface area contributed by atoms with Crippen molar-refractivity contribution in [2.24, 2.45) is 0 Å². The minimum atomic E-state index is 0.0634. The highest BCUT2D eigenvalue weighted by Crippen LogP contribution is 2.20. The number of fused-ring (bicyclic) bond motifs is 1. The molecule has 0 bridgehead atoms. The van der Waals surface area contributed by atoms with E-state index in [-0.39, 0.29) is 11.8 Å². The van der Waals surface area contributed by atoms with Crippen molar-refractivity contribution in [1.29, 1.82) is 0 Å². The lowest BCUT2D eigenvalue weighted by Crippen LogP contribution is -2.51. The molecule has 2 aliphatic heterocycles. The predicted octanol–water partition coefficient (Wildman–Crippen LogP) is 1.81. The number of hydrogen-bond acceptors (Lipinski definition) is 4.